The predicted molar refractivity (Wildman–Crippen MR) is 117 cm³/mol. The maximum absolute atomic E-state index is 13.8. The van der Waals surface area contributed by atoms with Crippen LogP contribution < -0.4 is 14.8 Å². The number of carbonyl (C=O) groups excluding carboxylic acids is 2. The minimum Gasteiger partial charge on any atom is -0.323 e. The van der Waals surface area contributed by atoms with Crippen LogP contribution in [-0.4, -0.2) is 11.8 Å². The number of aromatic nitrogens is 1. The maximum Gasteiger partial charge on any atom is 0.294 e. The van der Waals surface area contributed by atoms with Crippen molar-refractivity contribution >= 4 is 34.8 Å². The molecule has 30 heavy (non-hydrogen) atoms. The van der Waals surface area contributed by atoms with Crippen LogP contribution in [0.3, 0.4) is 0 Å². The quantitative estimate of drug-likeness (QED) is 0.647. The molecular weight excluding hydrogens is 398 g/mol. The number of para-hydroxylation sites is 1. The van der Waals surface area contributed by atoms with Crippen molar-refractivity contribution in [1.82, 2.24) is 0 Å². The van der Waals surface area contributed by atoms with Crippen LogP contribution in [0.15, 0.2) is 66.9 Å². The Morgan fingerprint density at radius 1 is 1.03 bits per heavy atom. The van der Waals surface area contributed by atoms with Crippen molar-refractivity contribution in [2.24, 2.45) is 0 Å². The van der Waals surface area contributed by atoms with E-state index in [-0.39, 0.29) is 18.4 Å². The molecule has 3 aromatic rings. The summed E-state index contributed by atoms with van der Waals surface area (Å²) < 4.78 is 1.83. The average Bonchev–Trinajstić information content (AvgIpc) is 2.72. The summed E-state index contributed by atoms with van der Waals surface area (Å²) in [7, 11) is 0. The highest BCUT2D eigenvalue weighted by molar-refractivity contribution is 6.30. The third kappa shape index (κ3) is 3.25. The van der Waals surface area contributed by atoms with Crippen molar-refractivity contribution in [1.29, 1.82) is 0 Å². The van der Waals surface area contributed by atoms with Gasteiger partial charge in [0.1, 0.15) is 0 Å². The second kappa shape index (κ2) is 7.58. The Morgan fingerprint density at radius 3 is 2.37 bits per heavy atom. The Labute approximate surface area is 180 Å². The molecule has 6 heteroatoms. The molecule has 152 valence electrons. The highest BCUT2D eigenvalue weighted by Crippen LogP contribution is 2.36. The molecule has 0 spiro atoms. The lowest BCUT2D eigenvalue weighted by molar-refractivity contribution is -0.697. The van der Waals surface area contributed by atoms with Crippen LogP contribution in [0.1, 0.15) is 23.7 Å². The number of benzene rings is 2. The maximum atomic E-state index is 13.8. The van der Waals surface area contributed by atoms with E-state index >= 15 is 0 Å². The van der Waals surface area contributed by atoms with E-state index in [9.17, 15) is 9.59 Å². The Kier molecular flexibility index (Phi) is 5.08. The molecule has 0 fully saturated rings. The standard InChI is InChI=1S/C24H22ClN3O2/c1-16-7-6-8-17(2)22(16)26-23(30)24(3)20-9-4-5-14-27(20)15-21(29)28(24)19-12-10-18(25)11-13-19/h4-14H,15H2,1-3H3/p+1/t24-/m0/s1. The molecule has 0 radical (unpaired) electrons. The number of carbonyl (C=O) groups is 2. The van der Waals surface area contributed by atoms with Crippen molar-refractivity contribution < 1.29 is 14.2 Å². The largest absolute Gasteiger partial charge is 0.323 e. The number of hydrogen-bond acceptors (Lipinski definition) is 2. The van der Waals surface area contributed by atoms with Gasteiger partial charge in [0.2, 0.25) is 17.8 Å². The van der Waals surface area contributed by atoms with Crippen LogP contribution in [-0.2, 0) is 21.7 Å². The fourth-order valence-corrected chi connectivity index (χ4v) is 4.22. The SMILES string of the molecule is Cc1cccc(C)c1NC(=O)[C@]1(C)c2cccc[n+]2CC(=O)N1c1ccc(Cl)cc1. The van der Waals surface area contributed by atoms with E-state index in [0.717, 1.165) is 22.5 Å². The van der Waals surface area contributed by atoms with Gasteiger partial charge >= 0.3 is 0 Å². The molecule has 0 aliphatic carbocycles. The zero-order chi connectivity index (χ0) is 21.5. The second-order valence-electron chi connectivity index (χ2n) is 7.71. The summed E-state index contributed by atoms with van der Waals surface area (Å²) in [6.07, 6.45) is 1.83. The van der Waals surface area contributed by atoms with Gasteiger partial charge in [0.05, 0.1) is 0 Å². The van der Waals surface area contributed by atoms with E-state index < -0.39 is 5.54 Å². The minimum absolute atomic E-state index is 0.158. The van der Waals surface area contributed by atoms with Crippen LogP contribution in [0.25, 0.3) is 0 Å². The molecule has 2 heterocycles. The van der Waals surface area contributed by atoms with Gasteiger partial charge in [-0.2, -0.15) is 4.57 Å². The number of anilines is 2. The van der Waals surface area contributed by atoms with Gasteiger partial charge in [0.15, 0.2) is 6.20 Å². The first-order valence-corrected chi connectivity index (χ1v) is 10.2. The molecule has 2 aromatic carbocycles. The topological polar surface area (TPSA) is 53.3 Å². The number of nitrogens with zero attached hydrogens (tertiary/aromatic N) is 2. The van der Waals surface area contributed by atoms with Gasteiger partial charge in [-0.25, -0.2) is 0 Å². The molecule has 0 unspecified atom stereocenters. The molecule has 1 N–H and O–H groups in total. The number of rotatable bonds is 3. The zero-order valence-corrected chi connectivity index (χ0v) is 17.9. The Balaban J connectivity index is 1.87. The monoisotopic (exact) mass is 420 g/mol. The lowest BCUT2D eigenvalue weighted by Gasteiger charge is -2.40. The average molecular weight is 421 g/mol. The lowest BCUT2D eigenvalue weighted by atomic mass is 9.89. The highest BCUT2D eigenvalue weighted by atomic mass is 35.5. The Bertz CT molecular complexity index is 1120. The van der Waals surface area contributed by atoms with Gasteiger partial charge < -0.3 is 5.32 Å². The van der Waals surface area contributed by atoms with E-state index in [1.807, 2.05) is 61.0 Å². The van der Waals surface area contributed by atoms with E-state index in [1.54, 1.807) is 36.1 Å². The van der Waals surface area contributed by atoms with Crippen molar-refractivity contribution in [3.63, 3.8) is 0 Å². The van der Waals surface area contributed by atoms with Gasteiger partial charge in [-0.05, 0) is 56.2 Å². The van der Waals surface area contributed by atoms with Crippen molar-refractivity contribution in [3.8, 4) is 0 Å². The third-order valence-electron chi connectivity index (χ3n) is 5.69. The van der Waals surface area contributed by atoms with E-state index in [2.05, 4.69) is 5.32 Å². The second-order valence-corrected chi connectivity index (χ2v) is 8.15. The summed E-state index contributed by atoms with van der Waals surface area (Å²) in [5.74, 6) is -0.442. The van der Waals surface area contributed by atoms with Gasteiger partial charge in [0.25, 0.3) is 11.8 Å². The van der Waals surface area contributed by atoms with Crippen LogP contribution in [0.4, 0.5) is 11.4 Å². The molecule has 5 nitrogen and oxygen atoms in total. The summed E-state index contributed by atoms with van der Waals surface area (Å²) in [6.45, 7) is 5.85. The number of halogens is 1. The van der Waals surface area contributed by atoms with E-state index in [1.165, 1.54) is 0 Å². The Morgan fingerprint density at radius 2 is 1.70 bits per heavy atom. The molecule has 0 saturated carbocycles. The zero-order valence-electron chi connectivity index (χ0n) is 17.1. The van der Waals surface area contributed by atoms with Gasteiger partial charge in [-0.3, -0.25) is 14.5 Å². The molecule has 0 saturated heterocycles. The molecule has 1 aromatic heterocycles. The van der Waals surface area contributed by atoms with Gasteiger partial charge in [0, 0.05) is 28.5 Å². The van der Waals surface area contributed by atoms with Crippen LogP contribution in [0.5, 0.6) is 0 Å². The van der Waals surface area contributed by atoms with Crippen molar-refractivity contribution in [3.05, 3.63) is 88.7 Å². The number of fused-ring (bicyclic) bond motifs is 1. The fourth-order valence-electron chi connectivity index (χ4n) is 4.09. The van der Waals surface area contributed by atoms with E-state index in [0.29, 0.717) is 10.7 Å². The summed E-state index contributed by atoms with van der Waals surface area (Å²) in [4.78, 5) is 28.6. The van der Waals surface area contributed by atoms with Gasteiger partial charge in [-0.1, -0.05) is 35.9 Å². The minimum atomic E-state index is -1.25. The predicted octanol–water partition coefficient (Wildman–Crippen LogP) is 4.15. The summed E-state index contributed by atoms with van der Waals surface area (Å²) in [5.41, 5.74) is 2.81. The number of aryl methyl sites for hydroxylation is 2. The van der Waals surface area contributed by atoms with Crippen molar-refractivity contribution in [2.45, 2.75) is 32.9 Å². The van der Waals surface area contributed by atoms with Crippen LogP contribution in [0, 0.1) is 13.8 Å². The molecule has 1 atom stereocenters. The fraction of sp³-hybridized carbons (Fsp3) is 0.208. The van der Waals surface area contributed by atoms with Gasteiger partial charge in [-0.15, -0.1) is 0 Å². The summed E-state index contributed by atoms with van der Waals surface area (Å²) in [5, 5.41) is 3.66. The molecule has 2 amide bonds. The van der Waals surface area contributed by atoms with Crippen LogP contribution in [0.2, 0.25) is 5.02 Å². The third-order valence-corrected chi connectivity index (χ3v) is 5.94. The molecule has 1 aliphatic heterocycles. The number of amides is 2. The first kappa shape index (κ1) is 20.1. The number of hydrogen-bond donors (Lipinski definition) is 1. The number of nitrogens with one attached hydrogen (secondary N) is 1. The first-order valence-electron chi connectivity index (χ1n) is 9.77. The van der Waals surface area contributed by atoms with E-state index in [4.69, 9.17) is 11.6 Å². The summed E-state index contributed by atoms with van der Waals surface area (Å²) >= 11 is 6.06. The first-order chi connectivity index (χ1) is 14.3. The molecular formula is C24H23ClN3O2+. The smallest absolute Gasteiger partial charge is 0.294 e. The molecule has 4 rings (SSSR count). The highest BCUT2D eigenvalue weighted by Gasteiger charge is 2.54. The van der Waals surface area contributed by atoms with Crippen LogP contribution >= 0.6 is 11.6 Å². The lowest BCUT2D eigenvalue weighted by Crippen LogP contribution is -2.67. The Hall–Kier alpha value is -3.18. The normalized spacial score (nSPS) is 18.1. The summed E-state index contributed by atoms with van der Waals surface area (Å²) in [6, 6.07) is 18.5. The molecule has 0 bridgehead atoms. The molecule has 1 aliphatic rings. The number of pyridine rings is 1. The van der Waals surface area contributed by atoms with Crippen molar-refractivity contribution in [2.75, 3.05) is 10.2 Å².